The third-order valence-corrected chi connectivity index (χ3v) is 11.5. The number of carbonyl (C=O) groups excluding carboxylic acids is 2. The largest absolute Gasteiger partial charge is 0.462 e. The van der Waals surface area contributed by atoms with Crippen LogP contribution in [0.15, 0.2) is 85.1 Å². The van der Waals surface area contributed by atoms with Gasteiger partial charge >= 0.3 is 5.97 Å². The van der Waals surface area contributed by atoms with Crippen molar-refractivity contribution in [1.29, 1.82) is 0 Å². The standard InChI is InChI=1S/C57H99NO5/c1-4-7-10-13-16-19-22-24-26-28-30-32-35-38-41-44-47-50-57(62)63-53(48-45-42-39-36-34-31-29-27-25-23-20-17-14-11-8-5-2)51-56(61)58-54(52-59)55(60)49-46-43-40-37-33-21-18-15-12-9-6-3/h16,19,23-27,29-32,34,38,41,53-55,59-60H,4-15,17-18,20-22,28,33,35-37,39-40,42-52H2,1-3H3,(H,58,61)/b19-16-,25-23+,26-24-,29-27+,32-30-,34-31+,41-38-. The van der Waals surface area contributed by atoms with Crippen molar-refractivity contribution in [3.8, 4) is 0 Å². The van der Waals surface area contributed by atoms with E-state index in [-0.39, 0.29) is 24.9 Å². The number of nitrogens with one attached hydrogen (secondary N) is 1. The zero-order valence-electron chi connectivity index (χ0n) is 41.2. The van der Waals surface area contributed by atoms with Crippen molar-refractivity contribution >= 4 is 11.9 Å². The molecule has 6 nitrogen and oxygen atoms in total. The number of aliphatic hydroxyl groups excluding tert-OH is 2. The Hall–Kier alpha value is -2.96. The van der Waals surface area contributed by atoms with E-state index in [4.69, 9.17) is 4.74 Å². The maximum atomic E-state index is 13.2. The fourth-order valence-electron chi connectivity index (χ4n) is 7.48. The number of rotatable bonds is 46. The number of amides is 1. The van der Waals surface area contributed by atoms with Gasteiger partial charge in [0.05, 0.1) is 25.2 Å². The van der Waals surface area contributed by atoms with Crippen molar-refractivity contribution < 1.29 is 24.5 Å². The smallest absolute Gasteiger partial charge is 0.306 e. The molecule has 3 N–H and O–H groups in total. The van der Waals surface area contributed by atoms with Crippen molar-refractivity contribution in [2.24, 2.45) is 0 Å². The number of ether oxygens (including phenoxy) is 1. The summed E-state index contributed by atoms with van der Waals surface area (Å²) in [4.78, 5) is 26.1. The molecule has 6 heteroatoms. The predicted octanol–water partition coefficient (Wildman–Crippen LogP) is 16.0. The van der Waals surface area contributed by atoms with Crippen molar-refractivity contribution in [3.63, 3.8) is 0 Å². The van der Waals surface area contributed by atoms with Gasteiger partial charge in [-0.05, 0) is 89.9 Å². The molecule has 0 fully saturated rings. The van der Waals surface area contributed by atoms with Gasteiger partial charge in [-0.15, -0.1) is 0 Å². The Bertz CT molecular complexity index is 1210. The molecule has 0 aromatic rings. The predicted molar refractivity (Wildman–Crippen MR) is 273 cm³/mol. The van der Waals surface area contributed by atoms with Crippen LogP contribution in [0.5, 0.6) is 0 Å². The fraction of sp³-hybridized carbons (Fsp3) is 0.719. The lowest BCUT2D eigenvalue weighted by Gasteiger charge is -2.24. The van der Waals surface area contributed by atoms with E-state index in [2.05, 4.69) is 111 Å². The van der Waals surface area contributed by atoms with Crippen LogP contribution in [0.3, 0.4) is 0 Å². The molecule has 0 heterocycles. The van der Waals surface area contributed by atoms with Gasteiger partial charge < -0.3 is 20.3 Å². The summed E-state index contributed by atoms with van der Waals surface area (Å²) >= 11 is 0. The summed E-state index contributed by atoms with van der Waals surface area (Å²) in [5.41, 5.74) is 0. The zero-order chi connectivity index (χ0) is 45.9. The summed E-state index contributed by atoms with van der Waals surface area (Å²) in [5.74, 6) is -0.578. The van der Waals surface area contributed by atoms with Crippen molar-refractivity contribution in [2.75, 3.05) is 6.61 Å². The molecule has 3 unspecified atom stereocenters. The molecular weight excluding hydrogens is 779 g/mol. The maximum Gasteiger partial charge on any atom is 0.306 e. The Morgan fingerprint density at radius 1 is 0.476 bits per heavy atom. The van der Waals surface area contributed by atoms with E-state index >= 15 is 0 Å². The van der Waals surface area contributed by atoms with Crippen molar-refractivity contribution in [3.05, 3.63) is 85.1 Å². The summed E-state index contributed by atoms with van der Waals surface area (Å²) in [5, 5.41) is 23.7. The van der Waals surface area contributed by atoms with Crippen LogP contribution >= 0.6 is 0 Å². The second kappa shape index (κ2) is 50.0. The molecule has 3 atom stereocenters. The minimum Gasteiger partial charge on any atom is -0.462 e. The summed E-state index contributed by atoms with van der Waals surface area (Å²) in [6.45, 7) is 6.41. The molecular formula is C57H99NO5. The fourth-order valence-corrected chi connectivity index (χ4v) is 7.48. The SMILES string of the molecule is CCCCC/C=C\C/C=C\C/C=C\C/C=C\CCCC(=O)OC(CCCCC/C=C/C=C/C=C/CCCCCCC)CC(=O)NC(CO)C(O)CCCCCCCCCCCCC. The molecule has 0 bridgehead atoms. The van der Waals surface area contributed by atoms with Gasteiger partial charge in [0, 0.05) is 6.42 Å². The van der Waals surface area contributed by atoms with E-state index in [1.165, 1.54) is 109 Å². The average molecular weight is 878 g/mol. The van der Waals surface area contributed by atoms with Crippen LogP contribution in [-0.4, -0.2) is 46.9 Å². The third-order valence-electron chi connectivity index (χ3n) is 11.5. The molecule has 0 spiro atoms. The highest BCUT2D eigenvalue weighted by molar-refractivity contribution is 5.77. The second-order valence-electron chi connectivity index (χ2n) is 17.6. The first-order valence-electron chi connectivity index (χ1n) is 26.3. The minimum atomic E-state index is -0.810. The van der Waals surface area contributed by atoms with Gasteiger partial charge in [0.1, 0.15) is 6.10 Å². The van der Waals surface area contributed by atoms with E-state index in [0.717, 1.165) is 77.0 Å². The number of hydrogen-bond acceptors (Lipinski definition) is 5. The monoisotopic (exact) mass is 878 g/mol. The Morgan fingerprint density at radius 3 is 1.40 bits per heavy atom. The summed E-state index contributed by atoms with van der Waals surface area (Å²) < 4.78 is 5.89. The Kier molecular flexibility index (Phi) is 47.7. The van der Waals surface area contributed by atoms with Gasteiger partial charge in [-0.3, -0.25) is 9.59 Å². The topological polar surface area (TPSA) is 95.9 Å². The van der Waals surface area contributed by atoms with Gasteiger partial charge in [0.25, 0.3) is 0 Å². The van der Waals surface area contributed by atoms with Crippen LogP contribution in [0, 0.1) is 0 Å². The Balaban J connectivity index is 4.77. The highest BCUT2D eigenvalue weighted by atomic mass is 16.5. The molecule has 0 aliphatic carbocycles. The quantitative estimate of drug-likeness (QED) is 0.0245. The molecule has 0 rings (SSSR count). The van der Waals surface area contributed by atoms with Gasteiger partial charge in [-0.25, -0.2) is 0 Å². The average Bonchev–Trinajstić information content (AvgIpc) is 3.28. The van der Waals surface area contributed by atoms with Gasteiger partial charge in [0.15, 0.2) is 0 Å². The number of carbonyl (C=O) groups is 2. The molecule has 1 amide bonds. The first-order valence-corrected chi connectivity index (χ1v) is 26.3. The van der Waals surface area contributed by atoms with E-state index in [1.807, 2.05) is 0 Å². The molecule has 63 heavy (non-hydrogen) atoms. The van der Waals surface area contributed by atoms with Crippen LogP contribution in [0.4, 0.5) is 0 Å². The van der Waals surface area contributed by atoms with Crippen LogP contribution in [0.1, 0.15) is 239 Å². The van der Waals surface area contributed by atoms with E-state index < -0.39 is 18.2 Å². The van der Waals surface area contributed by atoms with Gasteiger partial charge in [-0.1, -0.05) is 221 Å². The molecule has 0 radical (unpaired) electrons. The molecule has 0 saturated carbocycles. The number of aliphatic hydroxyl groups is 2. The van der Waals surface area contributed by atoms with Crippen molar-refractivity contribution in [1.82, 2.24) is 5.32 Å². The molecule has 0 aromatic carbocycles. The summed E-state index contributed by atoms with van der Waals surface area (Å²) in [7, 11) is 0. The lowest BCUT2D eigenvalue weighted by molar-refractivity contribution is -0.151. The van der Waals surface area contributed by atoms with Crippen LogP contribution in [0.25, 0.3) is 0 Å². The number of hydrogen-bond donors (Lipinski definition) is 3. The number of allylic oxidation sites excluding steroid dienone is 14. The summed E-state index contributed by atoms with van der Waals surface area (Å²) in [6, 6.07) is -0.728. The van der Waals surface area contributed by atoms with Gasteiger partial charge in [-0.2, -0.15) is 0 Å². The number of unbranched alkanes of at least 4 members (excludes halogenated alkanes) is 22. The van der Waals surface area contributed by atoms with E-state index in [1.54, 1.807) is 0 Å². The third kappa shape index (κ3) is 45.4. The molecule has 362 valence electrons. The van der Waals surface area contributed by atoms with Crippen molar-refractivity contribution in [2.45, 2.75) is 257 Å². The summed E-state index contributed by atoms with van der Waals surface area (Å²) in [6.07, 6.45) is 65.0. The molecule has 0 aliphatic rings. The van der Waals surface area contributed by atoms with E-state index in [0.29, 0.717) is 25.7 Å². The maximum absolute atomic E-state index is 13.2. The first kappa shape index (κ1) is 60.0. The van der Waals surface area contributed by atoms with E-state index in [9.17, 15) is 19.8 Å². The molecule has 0 aliphatic heterocycles. The normalized spacial score (nSPS) is 13.9. The first-order chi connectivity index (χ1) is 31.0. The molecule has 0 aromatic heterocycles. The lowest BCUT2D eigenvalue weighted by Crippen LogP contribution is -2.46. The van der Waals surface area contributed by atoms with Crippen LogP contribution in [0.2, 0.25) is 0 Å². The minimum absolute atomic E-state index is 0.0293. The lowest BCUT2D eigenvalue weighted by atomic mass is 10.0. The number of esters is 1. The zero-order valence-corrected chi connectivity index (χ0v) is 41.2. The Labute approximate surface area is 389 Å². The molecule has 0 saturated heterocycles. The van der Waals surface area contributed by atoms with Crippen LogP contribution < -0.4 is 5.32 Å². The second-order valence-corrected chi connectivity index (χ2v) is 17.6. The van der Waals surface area contributed by atoms with Gasteiger partial charge in [0.2, 0.25) is 5.91 Å². The van der Waals surface area contributed by atoms with Crippen LogP contribution in [-0.2, 0) is 14.3 Å². The highest BCUT2D eigenvalue weighted by Crippen LogP contribution is 2.16. The highest BCUT2D eigenvalue weighted by Gasteiger charge is 2.24. The Morgan fingerprint density at radius 2 is 0.873 bits per heavy atom.